The summed E-state index contributed by atoms with van der Waals surface area (Å²) < 4.78 is 4.60. The van der Waals surface area contributed by atoms with Crippen molar-refractivity contribution in [1.29, 1.82) is 0 Å². The van der Waals surface area contributed by atoms with Gasteiger partial charge in [0.2, 0.25) is 0 Å². The van der Waals surface area contributed by atoms with Crippen molar-refractivity contribution in [1.82, 2.24) is 20.1 Å². The van der Waals surface area contributed by atoms with Crippen LogP contribution in [0.4, 0.5) is 0 Å². The molecule has 0 amide bonds. The Morgan fingerprint density at radius 2 is 2.32 bits per heavy atom. The molecule has 0 saturated heterocycles. The largest absolute Gasteiger partial charge is 0.309 e. The van der Waals surface area contributed by atoms with Gasteiger partial charge < -0.3 is 5.32 Å². The highest BCUT2D eigenvalue weighted by atomic mass is 32.1. The summed E-state index contributed by atoms with van der Waals surface area (Å²) in [6.07, 6.45) is 2.49. The van der Waals surface area contributed by atoms with Crippen LogP contribution < -0.4 is 5.32 Å². The van der Waals surface area contributed by atoms with Gasteiger partial charge in [0.25, 0.3) is 0 Å². The van der Waals surface area contributed by atoms with Crippen molar-refractivity contribution in [3.63, 3.8) is 0 Å². The van der Waals surface area contributed by atoms with E-state index < -0.39 is 0 Å². The van der Waals surface area contributed by atoms with Crippen molar-refractivity contribution in [2.75, 3.05) is 6.54 Å². The van der Waals surface area contributed by atoms with Crippen molar-refractivity contribution in [2.45, 2.75) is 19.4 Å². The van der Waals surface area contributed by atoms with Gasteiger partial charge in [-0.1, -0.05) is 6.92 Å². The molecular weight excluding hydrogens is 276 g/mol. The summed E-state index contributed by atoms with van der Waals surface area (Å²) in [6, 6.07) is 4.81. The molecule has 0 bridgehead atoms. The molecule has 0 aliphatic carbocycles. The highest BCUT2D eigenvalue weighted by molar-refractivity contribution is 7.26. The fraction of sp³-hybridized carbons (Fsp3) is 0.385. The minimum absolute atomic E-state index is 0.317. The highest BCUT2D eigenvalue weighted by Gasteiger charge is 2.17. The van der Waals surface area contributed by atoms with E-state index in [-0.39, 0.29) is 0 Å². The summed E-state index contributed by atoms with van der Waals surface area (Å²) in [5.41, 5.74) is 0. The molecule has 0 saturated carbocycles. The monoisotopic (exact) mass is 292 g/mol. The second-order valence-corrected chi connectivity index (χ2v) is 6.48. The van der Waals surface area contributed by atoms with E-state index in [1.54, 1.807) is 17.7 Å². The van der Waals surface area contributed by atoms with Gasteiger partial charge in [-0.25, -0.2) is 4.98 Å². The second-order valence-electron chi connectivity index (χ2n) is 4.41. The Balaban J connectivity index is 1.88. The number of aromatic nitrogens is 3. The lowest BCUT2D eigenvalue weighted by molar-refractivity contribution is 0.529. The fourth-order valence-corrected chi connectivity index (χ4v) is 4.36. The van der Waals surface area contributed by atoms with E-state index in [0.717, 1.165) is 18.8 Å². The molecule has 1 atom stereocenters. The Kier molecular flexibility index (Phi) is 3.63. The molecule has 0 aliphatic rings. The quantitative estimate of drug-likeness (QED) is 0.786. The van der Waals surface area contributed by atoms with Gasteiger partial charge >= 0.3 is 0 Å². The van der Waals surface area contributed by atoms with Crippen molar-refractivity contribution in [3.05, 3.63) is 34.5 Å². The number of hydrogen-bond acceptors (Lipinski definition) is 5. The Hall–Kier alpha value is -1.24. The molecule has 3 rings (SSSR count). The molecule has 0 spiro atoms. The Morgan fingerprint density at radius 3 is 3.00 bits per heavy atom. The SMILES string of the molecule is CCNC(Cc1ncnn1C)c1cc2sccc2s1. The molecule has 0 aromatic carbocycles. The molecule has 1 N–H and O–H groups in total. The minimum atomic E-state index is 0.317. The van der Waals surface area contributed by atoms with Crippen LogP contribution in [0.15, 0.2) is 23.8 Å². The van der Waals surface area contributed by atoms with E-state index in [9.17, 15) is 0 Å². The van der Waals surface area contributed by atoms with Gasteiger partial charge in [0.05, 0.1) is 0 Å². The molecular formula is C13H16N4S2. The molecule has 3 heterocycles. The number of rotatable bonds is 5. The van der Waals surface area contributed by atoms with Gasteiger partial charge in [0.15, 0.2) is 0 Å². The molecule has 4 nitrogen and oxygen atoms in total. The average molecular weight is 292 g/mol. The van der Waals surface area contributed by atoms with Crippen molar-refractivity contribution in [2.24, 2.45) is 7.05 Å². The van der Waals surface area contributed by atoms with Crippen LogP contribution in [0, 0.1) is 0 Å². The summed E-state index contributed by atoms with van der Waals surface area (Å²) in [5.74, 6) is 1.02. The Bertz CT molecular complexity index is 638. The first-order chi connectivity index (χ1) is 9.28. The molecule has 3 aromatic rings. The molecule has 3 aromatic heterocycles. The zero-order valence-electron chi connectivity index (χ0n) is 11.0. The van der Waals surface area contributed by atoms with Crippen LogP contribution in [0.3, 0.4) is 0 Å². The van der Waals surface area contributed by atoms with Gasteiger partial charge in [-0.15, -0.1) is 22.7 Å². The maximum atomic E-state index is 4.32. The third-order valence-electron chi connectivity index (χ3n) is 3.14. The van der Waals surface area contributed by atoms with E-state index >= 15 is 0 Å². The smallest absolute Gasteiger partial charge is 0.138 e. The lowest BCUT2D eigenvalue weighted by atomic mass is 10.1. The van der Waals surface area contributed by atoms with Gasteiger partial charge in [-0.05, 0) is 24.1 Å². The Morgan fingerprint density at radius 1 is 1.42 bits per heavy atom. The highest BCUT2D eigenvalue weighted by Crippen LogP contribution is 2.34. The molecule has 100 valence electrons. The summed E-state index contributed by atoms with van der Waals surface area (Å²) in [6.45, 7) is 3.09. The molecule has 19 heavy (non-hydrogen) atoms. The van der Waals surface area contributed by atoms with Crippen molar-refractivity contribution >= 4 is 32.1 Å². The first kappa shape index (κ1) is 12.8. The van der Waals surface area contributed by atoms with E-state index in [1.807, 2.05) is 23.1 Å². The van der Waals surface area contributed by atoms with Crippen molar-refractivity contribution < 1.29 is 0 Å². The molecule has 0 fully saturated rings. The van der Waals surface area contributed by atoms with Crippen LogP contribution in [-0.2, 0) is 13.5 Å². The summed E-state index contributed by atoms with van der Waals surface area (Å²) in [4.78, 5) is 5.71. The predicted molar refractivity (Wildman–Crippen MR) is 80.8 cm³/mol. The number of nitrogens with zero attached hydrogens (tertiary/aromatic N) is 3. The maximum Gasteiger partial charge on any atom is 0.138 e. The van der Waals surface area contributed by atoms with Gasteiger partial charge in [-0.3, -0.25) is 4.68 Å². The van der Waals surface area contributed by atoms with Crippen LogP contribution in [0.2, 0.25) is 0 Å². The van der Waals surface area contributed by atoms with E-state index in [4.69, 9.17) is 0 Å². The van der Waals surface area contributed by atoms with E-state index in [0.29, 0.717) is 6.04 Å². The molecule has 0 aliphatic heterocycles. The summed E-state index contributed by atoms with van der Waals surface area (Å²) >= 11 is 3.67. The summed E-state index contributed by atoms with van der Waals surface area (Å²) in [7, 11) is 1.94. The lowest BCUT2D eigenvalue weighted by Gasteiger charge is -2.15. The van der Waals surface area contributed by atoms with E-state index in [2.05, 4.69) is 39.8 Å². The number of thiophene rings is 2. The number of fused-ring (bicyclic) bond motifs is 1. The second kappa shape index (κ2) is 5.40. The van der Waals surface area contributed by atoms with E-state index in [1.165, 1.54) is 14.3 Å². The van der Waals surface area contributed by atoms with Crippen LogP contribution in [0.25, 0.3) is 9.40 Å². The average Bonchev–Trinajstić information content (AvgIpc) is 3.04. The number of nitrogens with one attached hydrogen (secondary N) is 1. The maximum absolute atomic E-state index is 4.32. The van der Waals surface area contributed by atoms with Gasteiger partial charge in [-0.2, -0.15) is 5.10 Å². The normalized spacial score (nSPS) is 13.2. The zero-order valence-corrected chi connectivity index (χ0v) is 12.6. The topological polar surface area (TPSA) is 42.7 Å². The van der Waals surface area contributed by atoms with Crippen LogP contribution in [-0.4, -0.2) is 21.3 Å². The van der Waals surface area contributed by atoms with Gasteiger partial charge in [0.1, 0.15) is 12.2 Å². The van der Waals surface area contributed by atoms with Gasteiger partial charge in [0, 0.05) is 33.8 Å². The molecule has 0 radical (unpaired) electrons. The number of aryl methyl sites for hydroxylation is 1. The Labute approximate surface area is 120 Å². The zero-order chi connectivity index (χ0) is 13.2. The first-order valence-corrected chi connectivity index (χ1v) is 8.00. The summed E-state index contributed by atoms with van der Waals surface area (Å²) in [5, 5.41) is 9.84. The fourth-order valence-electron chi connectivity index (χ4n) is 2.16. The third kappa shape index (κ3) is 2.56. The van der Waals surface area contributed by atoms with Crippen LogP contribution in [0.5, 0.6) is 0 Å². The molecule has 6 heteroatoms. The number of likely N-dealkylation sites (N-methyl/N-ethyl adjacent to an activating group) is 1. The molecule has 1 unspecified atom stereocenters. The first-order valence-electron chi connectivity index (χ1n) is 6.31. The minimum Gasteiger partial charge on any atom is -0.309 e. The van der Waals surface area contributed by atoms with Crippen LogP contribution in [0.1, 0.15) is 23.7 Å². The van der Waals surface area contributed by atoms with Crippen LogP contribution >= 0.6 is 22.7 Å². The number of hydrogen-bond donors (Lipinski definition) is 1. The predicted octanol–water partition coefficient (Wildman–Crippen LogP) is 2.98. The third-order valence-corrected chi connectivity index (χ3v) is 5.35. The lowest BCUT2D eigenvalue weighted by Crippen LogP contribution is -2.23. The van der Waals surface area contributed by atoms with Crippen molar-refractivity contribution in [3.8, 4) is 0 Å². The standard InChI is InChI=1S/C13H16N4S2/c1-3-14-9(6-13-15-8-16-17(13)2)11-7-12-10(19-11)4-5-18-12/h4-5,7-9,14H,3,6H2,1-2H3.